The summed E-state index contributed by atoms with van der Waals surface area (Å²) < 4.78 is 10.8. The Balaban J connectivity index is 1.69. The van der Waals surface area contributed by atoms with Gasteiger partial charge in [0.15, 0.2) is 0 Å². The van der Waals surface area contributed by atoms with E-state index in [9.17, 15) is 4.79 Å². The number of hydrogen-bond donors (Lipinski definition) is 1. The van der Waals surface area contributed by atoms with E-state index in [0.717, 1.165) is 18.7 Å². The molecule has 0 aromatic carbocycles. The van der Waals surface area contributed by atoms with Gasteiger partial charge in [-0.05, 0) is 32.6 Å². The third-order valence-electron chi connectivity index (χ3n) is 4.57. The lowest BCUT2D eigenvalue weighted by Gasteiger charge is -2.50. The van der Waals surface area contributed by atoms with Gasteiger partial charge in [0.05, 0.1) is 30.5 Å². The number of nitrogens with one attached hydrogen (secondary N) is 1. The molecule has 1 saturated carbocycles. The summed E-state index contributed by atoms with van der Waals surface area (Å²) in [5.74, 6) is 0.290. The molecule has 0 unspecified atom stereocenters. The molecule has 6 heteroatoms. The first kappa shape index (κ1) is 15.4. The summed E-state index contributed by atoms with van der Waals surface area (Å²) in [5.41, 5.74) is 1.20. The van der Waals surface area contributed by atoms with Crippen molar-refractivity contribution in [2.75, 3.05) is 27.8 Å². The second kappa shape index (κ2) is 6.32. The van der Waals surface area contributed by atoms with Crippen molar-refractivity contribution in [2.45, 2.75) is 31.2 Å². The summed E-state index contributed by atoms with van der Waals surface area (Å²) in [6.07, 6.45) is 1.25. The van der Waals surface area contributed by atoms with Gasteiger partial charge in [0.25, 0.3) is 5.91 Å². The van der Waals surface area contributed by atoms with Gasteiger partial charge in [0.2, 0.25) is 0 Å². The normalized spacial score (nSPS) is 30.0. The topological polar surface area (TPSA) is 63.7 Å². The van der Waals surface area contributed by atoms with E-state index < -0.39 is 0 Å². The number of amides is 1. The van der Waals surface area contributed by atoms with Crippen molar-refractivity contribution in [2.24, 2.45) is 5.92 Å². The number of fused-ring (bicyclic) bond motifs is 1. The molecule has 1 aliphatic heterocycles. The molecule has 1 N–H and O–H groups in total. The SMILES string of the molecule is COCc1cccc(C(=O)N[C@H]2[C@H]3CCO[C@H]3[C@@H]2N(C)C)n1. The van der Waals surface area contributed by atoms with Crippen LogP contribution in [-0.4, -0.2) is 61.8 Å². The smallest absolute Gasteiger partial charge is 0.270 e. The molecule has 22 heavy (non-hydrogen) atoms. The molecule has 4 atom stereocenters. The van der Waals surface area contributed by atoms with Crippen LogP contribution in [-0.2, 0) is 16.1 Å². The van der Waals surface area contributed by atoms with Crippen molar-refractivity contribution < 1.29 is 14.3 Å². The van der Waals surface area contributed by atoms with Crippen LogP contribution in [0.1, 0.15) is 22.6 Å². The zero-order valence-electron chi connectivity index (χ0n) is 13.3. The molecular weight excluding hydrogens is 282 g/mol. The first-order chi connectivity index (χ1) is 10.6. The van der Waals surface area contributed by atoms with Crippen LogP contribution in [0.25, 0.3) is 0 Å². The van der Waals surface area contributed by atoms with Crippen LogP contribution in [0, 0.1) is 5.92 Å². The highest BCUT2D eigenvalue weighted by Gasteiger charge is 2.55. The van der Waals surface area contributed by atoms with E-state index in [1.165, 1.54) is 0 Å². The standard InChI is InChI=1S/C16H23N3O3/c1-19(2)14-13(11-7-8-22-15(11)14)18-16(20)12-6-4-5-10(17-12)9-21-3/h4-6,11,13-15H,7-9H2,1-3H3,(H,18,20)/t11-,13+,14-,15-/m1/s1. The quantitative estimate of drug-likeness (QED) is 0.866. The fraction of sp³-hybridized carbons (Fsp3) is 0.625. The van der Waals surface area contributed by atoms with Crippen LogP contribution in [0.15, 0.2) is 18.2 Å². The highest BCUT2D eigenvalue weighted by molar-refractivity contribution is 5.92. The van der Waals surface area contributed by atoms with Gasteiger partial charge in [-0.2, -0.15) is 0 Å². The van der Waals surface area contributed by atoms with Gasteiger partial charge in [-0.3, -0.25) is 4.79 Å². The minimum absolute atomic E-state index is 0.125. The number of carbonyl (C=O) groups is 1. The van der Waals surface area contributed by atoms with Gasteiger partial charge < -0.3 is 19.7 Å². The second-order valence-electron chi connectivity index (χ2n) is 6.19. The Kier molecular flexibility index (Phi) is 4.42. The summed E-state index contributed by atoms with van der Waals surface area (Å²) >= 11 is 0. The minimum Gasteiger partial charge on any atom is -0.378 e. The maximum absolute atomic E-state index is 12.5. The van der Waals surface area contributed by atoms with Crippen LogP contribution in [0.2, 0.25) is 0 Å². The predicted molar refractivity (Wildman–Crippen MR) is 81.5 cm³/mol. The maximum atomic E-state index is 12.5. The van der Waals surface area contributed by atoms with Gasteiger partial charge in [0, 0.05) is 19.6 Å². The number of hydrogen-bond acceptors (Lipinski definition) is 5. The molecule has 2 aliphatic rings. The van der Waals surface area contributed by atoms with E-state index in [0.29, 0.717) is 18.2 Å². The van der Waals surface area contributed by atoms with Crippen molar-refractivity contribution in [1.29, 1.82) is 0 Å². The summed E-state index contributed by atoms with van der Waals surface area (Å²) in [5, 5.41) is 3.14. The van der Waals surface area contributed by atoms with Crippen LogP contribution in [0.5, 0.6) is 0 Å². The fourth-order valence-corrected chi connectivity index (χ4v) is 3.54. The molecule has 1 saturated heterocycles. The third-order valence-corrected chi connectivity index (χ3v) is 4.57. The molecule has 1 amide bonds. The minimum atomic E-state index is -0.125. The molecule has 6 nitrogen and oxygen atoms in total. The van der Waals surface area contributed by atoms with E-state index in [2.05, 4.69) is 15.2 Å². The Morgan fingerprint density at radius 2 is 2.32 bits per heavy atom. The van der Waals surface area contributed by atoms with Crippen molar-refractivity contribution in [3.05, 3.63) is 29.6 Å². The zero-order valence-corrected chi connectivity index (χ0v) is 13.3. The lowest BCUT2D eigenvalue weighted by molar-refractivity contribution is -0.0664. The van der Waals surface area contributed by atoms with E-state index in [1.54, 1.807) is 13.2 Å². The predicted octanol–water partition coefficient (Wildman–Crippen LogP) is 0.675. The maximum Gasteiger partial charge on any atom is 0.270 e. The van der Waals surface area contributed by atoms with Gasteiger partial charge in [-0.1, -0.05) is 6.07 Å². The van der Waals surface area contributed by atoms with E-state index in [-0.39, 0.29) is 24.1 Å². The fourth-order valence-electron chi connectivity index (χ4n) is 3.54. The third kappa shape index (κ3) is 2.74. The Hall–Kier alpha value is -1.50. The number of carbonyl (C=O) groups excluding carboxylic acids is 1. The van der Waals surface area contributed by atoms with Crippen molar-refractivity contribution in [3.63, 3.8) is 0 Å². The number of aromatic nitrogens is 1. The molecule has 0 radical (unpaired) electrons. The van der Waals surface area contributed by atoms with Crippen molar-refractivity contribution >= 4 is 5.91 Å². The molecule has 120 valence electrons. The number of likely N-dealkylation sites (N-methyl/N-ethyl adjacent to an activating group) is 1. The van der Waals surface area contributed by atoms with Crippen LogP contribution < -0.4 is 5.32 Å². The second-order valence-corrected chi connectivity index (χ2v) is 6.19. The number of ether oxygens (including phenoxy) is 2. The van der Waals surface area contributed by atoms with Crippen LogP contribution in [0.4, 0.5) is 0 Å². The molecule has 1 aliphatic carbocycles. The van der Waals surface area contributed by atoms with Gasteiger partial charge in [-0.25, -0.2) is 4.98 Å². The van der Waals surface area contributed by atoms with E-state index in [1.807, 2.05) is 26.2 Å². The molecule has 0 spiro atoms. The summed E-state index contributed by atoms with van der Waals surface area (Å²) in [6, 6.07) is 5.79. The van der Waals surface area contributed by atoms with Gasteiger partial charge >= 0.3 is 0 Å². The van der Waals surface area contributed by atoms with E-state index in [4.69, 9.17) is 9.47 Å². The molecular formula is C16H23N3O3. The van der Waals surface area contributed by atoms with E-state index >= 15 is 0 Å². The Bertz CT molecular complexity index is 549. The zero-order chi connectivity index (χ0) is 15.7. The first-order valence-electron chi connectivity index (χ1n) is 7.65. The van der Waals surface area contributed by atoms with Crippen LogP contribution >= 0.6 is 0 Å². The highest BCUT2D eigenvalue weighted by atomic mass is 16.5. The van der Waals surface area contributed by atoms with Gasteiger partial charge in [0.1, 0.15) is 5.69 Å². The summed E-state index contributed by atoms with van der Waals surface area (Å²) in [4.78, 5) is 19.0. The highest BCUT2D eigenvalue weighted by Crippen LogP contribution is 2.41. The lowest BCUT2D eigenvalue weighted by Crippen LogP contribution is -2.69. The number of methoxy groups -OCH3 is 1. The Morgan fingerprint density at radius 3 is 3.05 bits per heavy atom. The van der Waals surface area contributed by atoms with Crippen molar-refractivity contribution in [3.8, 4) is 0 Å². The molecule has 2 heterocycles. The first-order valence-corrected chi connectivity index (χ1v) is 7.65. The Labute approximate surface area is 130 Å². The van der Waals surface area contributed by atoms with Gasteiger partial charge in [-0.15, -0.1) is 0 Å². The van der Waals surface area contributed by atoms with Crippen LogP contribution in [0.3, 0.4) is 0 Å². The average molecular weight is 305 g/mol. The average Bonchev–Trinajstić information content (AvgIpc) is 2.88. The number of rotatable bonds is 5. The molecule has 3 rings (SSSR count). The number of nitrogens with zero attached hydrogens (tertiary/aromatic N) is 2. The number of pyridine rings is 1. The molecule has 0 bridgehead atoms. The van der Waals surface area contributed by atoms with Crippen molar-refractivity contribution in [1.82, 2.24) is 15.2 Å². The molecule has 1 aromatic rings. The largest absolute Gasteiger partial charge is 0.378 e. The Morgan fingerprint density at radius 1 is 1.50 bits per heavy atom. The molecule has 1 aromatic heterocycles. The lowest BCUT2D eigenvalue weighted by atomic mass is 9.71. The monoisotopic (exact) mass is 305 g/mol. The summed E-state index contributed by atoms with van der Waals surface area (Å²) in [7, 11) is 5.67. The molecule has 2 fully saturated rings. The summed E-state index contributed by atoms with van der Waals surface area (Å²) in [6.45, 7) is 1.19.